The monoisotopic (exact) mass is 296 g/mol. The van der Waals surface area contributed by atoms with Crippen LogP contribution in [-0.4, -0.2) is 12.1 Å². The lowest BCUT2D eigenvalue weighted by Gasteiger charge is -2.12. The third kappa shape index (κ3) is 3.31. The van der Waals surface area contributed by atoms with E-state index in [1.807, 2.05) is 31.2 Å². The van der Waals surface area contributed by atoms with Crippen LogP contribution in [0.3, 0.4) is 0 Å². The topological polar surface area (TPSA) is 34.1 Å². The number of halogens is 2. The first-order valence-corrected chi connectivity index (χ1v) is 6.55. The van der Waals surface area contributed by atoms with Crippen molar-refractivity contribution in [1.82, 2.24) is 4.98 Å². The van der Waals surface area contributed by atoms with Gasteiger partial charge in [0.05, 0.1) is 17.8 Å². The number of aromatic nitrogens is 1. The molecule has 1 aromatic heterocycles. The van der Waals surface area contributed by atoms with Gasteiger partial charge in [0.1, 0.15) is 0 Å². The van der Waals surface area contributed by atoms with E-state index in [4.69, 9.17) is 27.9 Å². The molecule has 0 saturated heterocycles. The Labute approximate surface area is 122 Å². The number of pyridine rings is 1. The Morgan fingerprint density at radius 1 is 1.26 bits per heavy atom. The van der Waals surface area contributed by atoms with E-state index in [2.05, 4.69) is 10.3 Å². The van der Waals surface area contributed by atoms with Crippen molar-refractivity contribution in [3.05, 3.63) is 51.6 Å². The fourth-order valence-electron chi connectivity index (χ4n) is 1.71. The summed E-state index contributed by atoms with van der Waals surface area (Å²) in [7, 11) is 1.60. The van der Waals surface area contributed by atoms with Gasteiger partial charge in [-0.05, 0) is 30.7 Å². The van der Waals surface area contributed by atoms with E-state index in [-0.39, 0.29) is 0 Å². The zero-order chi connectivity index (χ0) is 13.8. The lowest BCUT2D eigenvalue weighted by molar-refractivity contribution is 0.393. The van der Waals surface area contributed by atoms with Crippen LogP contribution in [0.5, 0.6) is 5.88 Å². The van der Waals surface area contributed by atoms with Gasteiger partial charge in [-0.3, -0.25) is 0 Å². The fourth-order valence-corrected chi connectivity index (χ4v) is 2.16. The first-order chi connectivity index (χ1) is 9.11. The summed E-state index contributed by atoms with van der Waals surface area (Å²) >= 11 is 12.3. The maximum absolute atomic E-state index is 6.17. The van der Waals surface area contributed by atoms with Crippen LogP contribution in [0.15, 0.2) is 30.5 Å². The highest BCUT2D eigenvalue weighted by Crippen LogP contribution is 2.29. The quantitative estimate of drug-likeness (QED) is 0.912. The number of nitrogens with zero attached hydrogens (tertiary/aromatic N) is 1. The Balaban J connectivity index is 2.17. The van der Waals surface area contributed by atoms with E-state index >= 15 is 0 Å². The van der Waals surface area contributed by atoms with Gasteiger partial charge >= 0.3 is 0 Å². The maximum Gasteiger partial charge on any atom is 0.218 e. The summed E-state index contributed by atoms with van der Waals surface area (Å²) in [6.45, 7) is 2.48. The van der Waals surface area contributed by atoms with Gasteiger partial charge in [0.2, 0.25) is 5.88 Å². The predicted octanol–water partition coefficient (Wildman–Crippen LogP) is 4.32. The SMILES string of the molecule is COc1ncccc1CNc1cc(Cl)c(C)cc1Cl. The van der Waals surface area contributed by atoms with E-state index in [9.17, 15) is 0 Å². The summed E-state index contributed by atoms with van der Waals surface area (Å²) in [6.07, 6.45) is 1.69. The van der Waals surface area contributed by atoms with Crippen LogP contribution in [0, 0.1) is 6.92 Å². The lowest BCUT2D eigenvalue weighted by atomic mass is 10.2. The smallest absolute Gasteiger partial charge is 0.218 e. The third-order valence-corrected chi connectivity index (χ3v) is 3.48. The van der Waals surface area contributed by atoms with Crippen molar-refractivity contribution in [2.75, 3.05) is 12.4 Å². The van der Waals surface area contributed by atoms with Crippen LogP contribution >= 0.6 is 23.2 Å². The molecule has 1 heterocycles. The average Bonchev–Trinajstić information content (AvgIpc) is 2.41. The molecule has 100 valence electrons. The summed E-state index contributed by atoms with van der Waals surface area (Å²) in [6, 6.07) is 7.47. The van der Waals surface area contributed by atoms with Gasteiger partial charge in [0.25, 0.3) is 0 Å². The van der Waals surface area contributed by atoms with Crippen molar-refractivity contribution in [2.24, 2.45) is 0 Å². The summed E-state index contributed by atoms with van der Waals surface area (Å²) in [5.41, 5.74) is 2.71. The Morgan fingerprint density at radius 3 is 2.79 bits per heavy atom. The number of anilines is 1. The Kier molecular flexibility index (Phi) is 4.51. The summed E-state index contributed by atoms with van der Waals surface area (Å²) in [5.74, 6) is 0.601. The third-order valence-electron chi connectivity index (χ3n) is 2.76. The molecule has 0 saturated carbocycles. The van der Waals surface area contributed by atoms with Gasteiger partial charge in [0, 0.05) is 23.3 Å². The molecule has 0 spiro atoms. The van der Waals surface area contributed by atoms with E-state index in [0.29, 0.717) is 22.5 Å². The van der Waals surface area contributed by atoms with Crippen molar-refractivity contribution in [1.29, 1.82) is 0 Å². The molecule has 19 heavy (non-hydrogen) atoms. The Hall–Kier alpha value is -1.45. The van der Waals surface area contributed by atoms with Crippen molar-refractivity contribution in [3.63, 3.8) is 0 Å². The van der Waals surface area contributed by atoms with Crippen LogP contribution in [0.25, 0.3) is 0 Å². The summed E-state index contributed by atoms with van der Waals surface area (Å²) < 4.78 is 5.20. The summed E-state index contributed by atoms with van der Waals surface area (Å²) in [5, 5.41) is 4.56. The molecule has 0 aliphatic heterocycles. The average molecular weight is 297 g/mol. The van der Waals surface area contributed by atoms with Crippen molar-refractivity contribution < 1.29 is 4.74 Å². The number of aryl methyl sites for hydroxylation is 1. The molecule has 0 aliphatic rings. The van der Waals surface area contributed by atoms with Crippen LogP contribution in [0.1, 0.15) is 11.1 Å². The zero-order valence-corrected chi connectivity index (χ0v) is 12.2. The minimum absolute atomic E-state index is 0.566. The second-order valence-electron chi connectivity index (χ2n) is 4.11. The van der Waals surface area contributed by atoms with Gasteiger partial charge in [-0.25, -0.2) is 4.98 Å². The summed E-state index contributed by atoms with van der Waals surface area (Å²) in [4.78, 5) is 4.14. The predicted molar refractivity (Wildman–Crippen MR) is 79.3 cm³/mol. The normalized spacial score (nSPS) is 10.3. The van der Waals surface area contributed by atoms with Gasteiger partial charge < -0.3 is 10.1 Å². The molecule has 0 aliphatic carbocycles. The number of hydrogen-bond donors (Lipinski definition) is 1. The van der Waals surface area contributed by atoms with Gasteiger partial charge in [-0.1, -0.05) is 29.3 Å². The number of ether oxygens (including phenoxy) is 1. The number of rotatable bonds is 4. The molecule has 1 N–H and O–H groups in total. The molecule has 0 atom stereocenters. The molecule has 0 bridgehead atoms. The van der Waals surface area contributed by atoms with Gasteiger partial charge in [-0.15, -0.1) is 0 Å². The van der Waals surface area contributed by atoms with Gasteiger partial charge in [-0.2, -0.15) is 0 Å². The fraction of sp³-hybridized carbons (Fsp3) is 0.214. The van der Waals surface area contributed by atoms with E-state index in [0.717, 1.165) is 16.8 Å². The second-order valence-corrected chi connectivity index (χ2v) is 4.92. The standard InChI is InChI=1S/C14H14Cl2N2O/c1-9-6-12(16)13(7-11(9)15)18-8-10-4-3-5-17-14(10)19-2/h3-7,18H,8H2,1-2H3. The minimum Gasteiger partial charge on any atom is -0.481 e. The first kappa shape index (κ1) is 14.0. The minimum atomic E-state index is 0.566. The first-order valence-electron chi connectivity index (χ1n) is 5.79. The second kappa shape index (κ2) is 6.13. The largest absolute Gasteiger partial charge is 0.481 e. The molecule has 0 unspecified atom stereocenters. The van der Waals surface area contributed by atoms with Crippen LogP contribution in [0.2, 0.25) is 10.0 Å². The number of benzene rings is 1. The number of nitrogens with one attached hydrogen (secondary N) is 1. The number of hydrogen-bond acceptors (Lipinski definition) is 3. The molecule has 5 heteroatoms. The highest BCUT2D eigenvalue weighted by molar-refractivity contribution is 6.35. The van der Waals surface area contributed by atoms with E-state index in [1.54, 1.807) is 13.3 Å². The molecule has 3 nitrogen and oxygen atoms in total. The van der Waals surface area contributed by atoms with Crippen LogP contribution in [0.4, 0.5) is 5.69 Å². The lowest BCUT2D eigenvalue weighted by Crippen LogP contribution is -2.03. The van der Waals surface area contributed by atoms with Crippen molar-refractivity contribution in [3.8, 4) is 5.88 Å². The molecule has 0 fully saturated rings. The molecule has 1 aromatic carbocycles. The molecule has 2 aromatic rings. The number of methoxy groups -OCH3 is 1. The van der Waals surface area contributed by atoms with Crippen molar-refractivity contribution >= 4 is 28.9 Å². The zero-order valence-electron chi connectivity index (χ0n) is 10.7. The molecular weight excluding hydrogens is 283 g/mol. The molecule has 2 rings (SSSR count). The molecule has 0 radical (unpaired) electrons. The van der Waals surface area contributed by atoms with Gasteiger partial charge in [0.15, 0.2) is 0 Å². The van der Waals surface area contributed by atoms with E-state index < -0.39 is 0 Å². The highest BCUT2D eigenvalue weighted by atomic mass is 35.5. The Bertz CT molecular complexity index is 588. The van der Waals surface area contributed by atoms with Crippen LogP contribution in [-0.2, 0) is 6.54 Å². The Morgan fingerprint density at radius 2 is 2.05 bits per heavy atom. The van der Waals surface area contributed by atoms with Crippen LogP contribution < -0.4 is 10.1 Å². The van der Waals surface area contributed by atoms with Crippen molar-refractivity contribution in [2.45, 2.75) is 13.5 Å². The highest BCUT2D eigenvalue weighted by Gasteiger charge is 2.07. The molecule has 0 amide bonds. The maximum atomic E-state index is 6.17. The molecular formula is C14H14Cl2N2O. The van der Waals surface area contributed by atoms with E-state index in [1.165, 1.54) is 0 Å².